The van der Waals surface area contributed by atoms with Gasteiger partial charge in [-0.15, -0.1) is 0 Å². The molecule has 2 rings (SSSR count). The Morgan fingerprint density at radius 3 is 2.52 bits per heavy atom. The second-order valence-corrected chi connectivity index (χ2v) is 5.68. The van der Waals surface area contributed by atoms with Gasteiger partial charge in [-0.25, -0.2) is 4.79 Å². The van der Waals surface area contributed by atoms with E-state index in [1.807, 2.05) is 25.1 Å². The van der Waals surface area contributed by atoms with E-state index in [1.54, 1.807) is 24.3 Å². The maximum atomic E-state index is 10.8. The average Bonchev–Trinajstić information content (AvgIpc) is 2.46. The third-order valence-electron chi connectivity index (χ3n) is 3.06. The van der Waals surface area contributed by atoms with Crippen molar-refractivity contribution in [3.8, 4) is 5.75 Å². The van der Waals surface area contributed by atoms with E-state index >= 15 is 0 Å². The molecule has 110 valence electrons. The fraction of sp³-hybridized carbons (Fsp3) is 0.188. The van der Waals surface area contributed by atoms with Crippen LogP contribution in [-0.4, -0.2) is 11.1 Å². The van der Waals surface area contributed by atoms with Gasteiger partial charge in [0.1, 0.15) is 12.4 Å². The lowest BCUT2D eigenvalue weighted by Gasteiger charge is -2.14. The Morgan fingerprint density at radius 1 is 1.29 bits per heavy atom. The van der Waals surface area contributed by atoms with E-state index in [1.165, 1.54) is 0 Å². The average molecular weight is 350 g/mol. The van der Waals surface area contributed by atoms with Crippen molar-refractivity contribution in [2.24, 2.45) is 5.73 Å². The zero-order chi connectivity index (χ0) is 15.4. The molecule has 0 amide bonds. The van der Waals surface area contributed by atoms with Gasteiger partial charge in [-0.1, -0.05) is 28.1 Å². The molecule has 0 aliphatic carbocycles. The van der Waals surface area contributed by atoms with Crippen LogP contribution in [0.15, 0.2) is 46.9 Å². The van der Waals surface area contributed by atoms with Crippen molar-refractivity contribution >= 4 is 21.9 Å². The molecule has 0 bridgehead atoms. The van der Waals surface area contributed by atoms with Crippen LogP contribution >= 0.6 is 15.9 Å². The summed E-state index contributed by atoms with van der Waals surface area (Å²) in [7, 11) is 0. The number of benzene rings is 2. The highest BCUT2D eigenvalue weighted by atomic mass is 79.9. The predicted octanol–water partition coefficient (Wildman–Crippen LogP) is 3.75. The molecule has 2 aromatic carbocycles. The van der Waals surface area contributed by atoms with Crippen LogP contribution < -0.4 is 10.5 Å². The van der Waals surface area contributed by atoms with Gasteiger partial charge in [0.05, 0.1) is 5.56 Å². The summed E-state index contributed by atoms with van der Waals surface area (Å²) in [6.07, 6.45) is 0. The molecule has 0 saturated heterocycles. The Morgan fingerprint density at radius 2 is 1.95 bits per heavy atom. The van der Waals surface area contributed by atoms with Crippen LogP contribution in [0.3, 0.4) is 0 Å². The molecule has 5 heteroatoms. The van der Waals surface area contributed by atoms with Crippen molar-refractivity contribution in [3.63, 3.8) is 0 Å². The molecule has 0 aromatic heterocycles. The van der Waals surface area contributed by atoms with Gasteiger partial charge in [0.25, 0.3) is 0 Å². The number of hydrogen-bond donors (Lipinski definition) is 2. The summed E-state index contributed by atoms with van der Waals surface area (Å²) in [6.45, 7) is 2.26. The van der Waals surface area contributed by atoms with E-state index in [9.17, 15) is 4.79 Å². The minimum Gasteiger partial charge on any atom is -0.489 e. The fourth-order valence-electron chi connectivity index (χ4n) is 1.91. The van der Waals surface area contributed by atoms with Gasteiger partial charge < -0.3 is 15.6 Å². The van der Waals surface area contributed by atoms with E-state index in [0.717, 1.165) is 21.3 Å². The van der Waals surface area contributed by atoms with E-state index in [0.29, 0.717) is 6.61 Å². The number of ether oxygens (including phenoxy) is 1. The summed E-state index contributed by atoms with van der Waals surface area (Å²) in [5, 5.41) is 8.86. The van der Waals surface area contributed by atoms with E-state index in [2.05, 4.69) is 15.9 Å². The molecule has 0 fully saturated rings. The van der Waals surface area contributed by atoms with Gasteiger partial charge in [0.15, 0.2) is 0 Å². The second-order valence-electron chi connectivity index (χ2n) is 4.76. The largest absolute Gasteiger partial charge is 0.489 e. The van der Waals surface area contributed by atoms with Crippen molar-refractivity contribution in [2.45, 2.75) is 19.6 Å². The lowest BCUT2D eigenvalue weighted by Crippen LogP contribution is -2.08. The quantitative estimate of drug-likeness (QED) is 0.862. The van der Waals surface area contributed by atoms with Crippen LogP contribution in [-0.2, 0) is 6.61 Å². The van der Waals surface area contributed by atoms with Crippen LogP contribution in [0.1, 0.15) is 34.5 Å². The number of aromatic carboxylic acids is 1. The second kappa shape index (κ2) is 6.74. The number of carbonyl (C=O) groups is 1. The molecular weight excluding hydrogens is 334 g/mol. The number of nitrogens with two attached hydrogens (primary N) is 1. The number of rotatable bonds is 5. The zero-order valence-corrected chi connectivity index (χ0v) is 13.1. The minimum atomic E-state index is -0.936. The van der Waals surface area contributed by atoms with Crippen molar-refractivity contribution in [3.05, 3.63) is 63.6 Å². The Balaban J connectivity index is 2.11. The third-order valence-corrected chi connectivity index (χ3v) is 3.55. The highest BCUT2D eigenvalue weighted by Gasteiger charge is 2.09. The number of carboxylic acids is 1. The van der Waals surface area contributed by atoms with E-state index in [4.69, 9.17) is 15.6 Å². The number of carboxylic acid groups (broad SMARTS) is 1. The maximum Gasteiger partial charge on any atom is 0.335 e. The molecule has 0 radical (unpaired) electrons. The van der Waals surface area contributed by atoms with Crippen LogP contribution in [0.5, 0.6) is 5.75 Å². The summed E-state index contributed by atoms with van der Waals surface area (Å²) in [5.74, 6) is -0.204. The van der Waals surface area contributed by atoms with Crippen molar-refractivity contribution in [1.82, 2.24) is 0 Å². The topological polar surface area (TPSA) is 72.5 Å². The third kappa shape index (κ3) is 4.06. The lowest BCUT2D eigenvalue weighted by molar-refractivity contribution is 0.0697. The molecule has 3 N–H and O–H groups in total. The van der Waals surface area contributed by atoms with Gasteiger partial charge in [-0.2, -0.15) is 0 Å². The van der Waals surface area contributed by atoms with Gasteiger partial charge in [0.2, 0.25) is 0 Å². The highest BCUT2D eigenvalue weighted by Crippen LogP contribution is 2.28. The summed E-state index contributed by atoms with van der Waals surface area (Å²) >= 11 is 3.42. The van der Waals surface area contributed by atoms with Gasteiger partial charge >= 0.3 is 5.97 Å². The molecule has 0 saturated carbocycles. The lowest BCUT2D eigenvalue weighted by atomic mass is 10.1. The Labute approximate surface area is 131 Å². The molecule has 4 nitrogen and oxygen atoms in total. The van der Waals surface area contributed by atoms with Gasteiger partial charge in [0, 0.05) is 16.1 Å². The molecule has 0 heterocycles. The van der Waals surface area contributed by atoms with Gasteiger partial charge in [-0.3, -0.25) is 0 Å². The Kier molecular flexibility index (Phi) is 4.98. The molecule has 0 aliphatic heterocycles. The van der Waals surface area contributed by atoms with E-state index < -0.39 is 5.97 Å². The molecular formula is C16H16BrNO3. The fourth-order valence-corrected chi connectivity index (χ4v) is 2.29. The van der Waals surface area contributed by atoms with Crippen molar-refractivity contribution < 1.29 is 14.6 Å². The van der Waals surface area contributed by atoms with E-state index in [-0.39, 0.29) is 11.6 Å². The monoisotopic (exact) mass is 349 g/mol. The first-order valence-electron chi connectivity index (χ1n) is 6.47. The Hall–Kier alpha value is -1.85. The minimum absolute atomic E-state index is 0.133. The highest BCUT2D eigenvalue weighted by molar-refractivity contribution is 9.10. The molecule has 21 heavy (non-hydrogen) atoms. The molecule has 1 unspecified atom stereocenters. The Bertz CT molecular complexity index is 638. The molecule has 0 aliphatic rings. The predicted molar refractivity (Wildman–Crippen MR) is 84.5 cm³/mol. The van der Waals surface area contributed by atoms with Crippen LogP contribution in [0.2, 0.25) is 0 Å². The van der Waals surface area contributed by atoms with Crippen LogP contribution in [0.25, 0.3) is 0 Å². The first kappa shape index (κ1) is 15.5. The summed E-state index contributed by atoms with van der Waals surface area (Å²) in [5.41, 5.74) is 8.03. The normalized spacial score (nSPS) is 12.0. The van der Waals surface area contributed by atoms with Crippen LogP contribution in [0, 0.1) is 0 Å². The SMILES string of the molecule is CC(N)c1cc(Br)ccc1OCc1ccc(C(=O)O)cc1. The number of hydrogen-bond acceptors (Lipinski definition) is 3. The molecule has 1 atom stereocenters. The molecule has 0 spiro atoms. The first-order valence-corrected chi connectivity index (χ1v) is 7.26. The van der Waals surface area contributed by atoms with Crippen molar-refractivity contribution in [1.29, 1.82) is 0 Å². The summed E-state index contributed by atoms with van der Waals surface area (Å²) in [6, 6.07) is 12.2. The standard InChI is InChI=1S/C16H16BrNO3/c1-10(18)14-8-13(17)6-7-15(14)21-9-11-2-4-12(5-3-11)16(19)20/h2-8,10H,9,18H2,1H3,(H,19,20). The molecule has 2 aromatic rings. The smallest absolute Gasteiger partial charge is 0.335 e. The van der Waals surface area contributed by atoms with Crippen molar-refractivity contribution in [2.75, 3.05) is 0 Å². The number of halogens is 1. The summed E-state index contributed by atoms with van der Waals surface area (Å²) in [4.78, 5) is 10.8. The zero-order valence-electron chi connectivity index (χ0n) is 11.5. The van der Waals surface area contributed by atoms with Gasteiger partial charge in [-0.05, 0) is 42.8 Å². The first-order chi connectivity index (χ1) is 9.97. The maximum absolute atomic E-state index is 10.8. The summed E-state index contributed by atoms with van der Waals surface area (Å²) < 4.78 is 6.74. The van der Waals surface area contributed by atoms with Crippen LogP contribution in [0.4, 0.5) is 0 Å².